The van der Waals surface area contributed by atoms with Crippen molar-refractivity contribution in [1.82, 2.24) is 10.3 Å². The number of hydrogen-bond acceptors (Lipinski definition) is 4. The number of rotatable bonds is 7. The molecule has 0 aliphatic heterocycles. The summed E-state index contributed by atoms with van der Waals surface area (Å²) < 4.78 is 5.62. The Balaban J connectivity index is 1.44. The SMILES string of the molecule is Cc1cc(CCC(=O)NCc2ccc(Oc3nccs3)cc2)ccc1Cl. The molecule has 0 saturated carbocycles. The molecule has 0 fully saturated rings. The van der Waals surface area contributed by atoms with Crippen molar-refractivity contribution >= 4 is 28.8 Å². The molecule has 3 rings (SSSR count). The highest BCUT2D eigenvalue weighted by atomic mass is 35.5. The summed E-state index contributed by atoms with van der Waals surface area (Å²) in [5, 5.41) is 6.17. The third-order valence-corrected chi connectivity index (χ3v) is 4.96. The molecule has 1 amide bonds. The van der Waals surface area contributed by atoms with E-state index in [9.17, 15) is 4.79 Å². The summed E-state index contributed by atoms with van der Waals surface area (Å²) in [6, 6.07) is 13.5. The molecular formula is C20H19ClN2O2S. The summed E-state index contributed by atoms with van der Waals surface area (Å²) in [5.74, 6) is 0.758. The zero-order valence-electron chi connectivity index (χ0n) is 14.4. The van der Waals surface area contributed by atoms with Crippen molar-refractivity contribution in [1.29, 1.82) is 0 Å². The zero-order chi connectivity index (χ0) is 18.4. The highest BCUT2D eigenvalue weighted by Crippen LogP contribution is 2.23. The lowest BCUT2D eigenvalue weighted by molar-refractivity contribution is -0.121. The largest absolute Gasteiger partial charge is 0.431 e. The van der Waals surface area contributed by atoms with Crippen molar-refractivity contribution in [3.05, 3.63) is 75.8 Å². The van der Waals surface area contributed by atoms with Crippen LogP contribution in [0, 0.1) is 6.92 Å². The lowest BCUT2D eigenvalue weighted by Crippen LogP contribution is -2.22. The minimum atomic E-state index is 0.0284. The van der Waals surface area contributed by atoms with E-state index < -0.39 is 0 Å². The van der Waals surface area contributed by atoms with Crippen LogP contribution in [-0.2, 0) is 17.8 Å². The zero-order valence-corrected chi connectivity index (χ0v) is 15.9. The molecule has 0 aliphatic carbocycles. The molecule has 2 aromatic carbocycles. The Kier molecular flexibility index (Phi) is 6.26. The molecule has 4 nitrogen and oxygen atoms in total. The fourth-order valence-corrected chi connectivity index (χ4v) is 3.07. The van der Waals surface area contributed by atoms with Crippen LogP contribution in [0.5, 0.6) is 10.9 Å². The summed E-state index contributed by atoms with van der Waals surface area (Å²) in [4.78, 5) is 16.1. The summed E-state index contributed by atoms with van der Waals surface area (Å²) in [6.45, 7) is 2.46. The van der Waals surface area contributed by atoms with Gasteiger partial charge in [0.2, 0.25) is 5.91 Å². The Morgan fingerprint density at radius 1 is 1.19 bits per heavy atom. The van der Waals surface area contributed by atoms with Crippen molar-refractivity contribution in [2.75, 3.05) is 0 Å². The molecule has 0 aliphatic rings. The number of carbonyl (C=O) groups excluding carboxylic acids is 1. The Bertz CT molecular complexity index is 864. The van der Waals surface area contributed by atoms with Crippen molar-refractivity contribution in [2.45, 2.75) is 26.3 Å². The number of benzene rings is 2. The molecule has 0 unspecified atom stereocenters. The highest BCUT2D eigenvalue weighted by molar-refractivity contribution is 7.11. The average molecular weight is 387 g/mol. The number of amides is 1. The minimum Gasteiger partial charge on any atom is -0.431 e. The van der Waals surface area contributed by atoms with Crippen molar-refractivity contribution < 1.29 is 9.53 Å². The smallest absolute Gasteiger partial charge is 0.278 e. The Hall–Kier alpha value is -2.37. The van der Waals surface area contributed by atoms with Crippen LogP contribution in [0.15, 0.2) is 54.0 Å². The fourth-order valence-electron chi connectivity index (χ4n) is 2.45. The van der Waals surface area contributed by atoms with Gasteiger partial charge in [-0.15, -0.1) is 0 Å². The third-order valence-electron chi connectivity index (χ3n) is 3.89. The van der Waals surface area contributed by atoms with Crippen LogP contribution < -0.4 is 10.1 Å². The number of thiazole rings is 1. The summed E-state index contributed by atoms with van der Waals surface area (Å²) in [6.07, 6.45) is 2.85. The number of aromatic nitrogens is 1. The van der Waals surface area contributed by atoms with Crippen LogP contribution in [-0.4, -0.2) is 10.9 Å². The number of ether oxygens (including phenoxy) is 1. The van der Waals surface area contributed by atoms with Crippen LogP contribution in [0.3, 0.4) is 0 Å². The van der Waals surface area contributed by atoms with E-state index in [4.69, 9.17) is 16.3 Å². The number of nitrogens with one attached hydrogen (secondary N) is 1. The van der Waals surface area contributed by atoms with Crippen LogP contribution in [0.4, 0.5) is 0 Å². The first-order valence-electron chi connectivity index (χ1n) is 8.28. The van der Waals surface area contributed by atoms with Crippen LogP contribution >= 0.6 is 22.9 Å². The molecule has 1 heterocycles. The van der Waals surface area contributed by atoms with Crippen molar-refractivity contribution in [3.8, 4) is 10.9 Å². The number of aryl methyl sites for hydroxylation is 2. The molecule has 0 saturated heterocycles. The van der Waals surface area contributed by atoms with E-state index in [0.717, 1.165) is 27.5 Å². The van der Waals surface area contributed by atoms with Gasteiger partial charge >= 0.3 is 0 Å². The molecule has 26 heavy (non-hydrogen) atoms. The maximum Gasteiger partial charge on any atom is 0.278 e. The van der Waals surface area contributed by atoms with Gasteiger partial charge in [0.25, 0.3) is 5.19 Å². The quantitative estimate of drug-likeness (QED) is 0.611. The second kappa shape index (κ2) is 8.83. The second-order valence-corrected chi connectivity index (χ2v) is 7.17. The van der Waals surface area contributed by atoms with Gasteiger partial charge in [-0.05, 0) is 48.2 Å². The molecule has 3 aromatic rings. The van der Waals surface area contributed by atoms with E-state index >= 15 is 0 Å². The molecule has 1 N–H and O–H groups in total. The predicted molar refractivity (Wildman–Crippen MR) is 105 cm³/mol. The van der Waals surface area contributed by atoms with E-state index in [1.165, 1.54) is 11.3 Å². The monoisotopic (exact) mass is 386 g/mol. The molecule has 0 radical (unpaired) electrons. The molecule has 0 bridgehead atoms. The molecule has 0 spiro atoms. The van der Waals surface area contributed by atoms with Gasteiger partial charge in [-0.25, -0.2) is 4.98 Å². The van der Waals surface area contributed by atoms with Crippen LogP contribution in [0.2, 0.25) is 5.02 Å². The number of hydrogen-bond donors (Lipinski definition) is 1. The van der Waals surface area contributed by atoms with E-state index in [1.54, 1.807) is 6.20 Å². The Morgan fingerprint density at radius 2 is 1.96 bits per heavy atom. The topological polar surface area (TPSA) is 51.2 Å². The summed E-state index contributed by atoms with van der Waals surface area (Å²) in [7, 11) is 0. The first kappa shape index (κ1) is 18.4. The van der Waals surface area contributed by atoms with E-state index in [-0.39, 0.29) is 5.91 Å². The van der Waals surface area contributed by atoms with Crippen molar-refractivity contribution in [2.24, 2.45) is 0 Å². The van der Waals surface area contributed by atoms with Gasteiger partial charge in [0, 0.05) is 29.6 Å². The maximum absolute atomic E-state index is 12.1. The van der Waals surface area contributed by atoms with Gasteiger partial charge < -0.3 is 10.1 Å². The van der Waals surface area contributed by atoms with Crippen molar-refractivity contribution in [3.63, 3.8) is 0 Å². The van der Waals surface area contributed by atoms with Gasteiger partial charge in [-0.1, -0.05) is 47.2 Å². The normalized spacial score (nSPS) is 10.5. The van der Waals surface area contributed by atoms with Crippen LogP contribution in [0.25, 0.3) is 0 Å². The van der Waals surface area contributed by atoms with Gasteiger partial charge in [0.05, 0.1) is 0 Å². The summed E-state index contributed by atoms with van der Waals surface area (Å²) >= 11 is 7.46. The van der Waals surface area contributed by atoms with Crippen LogP contribution in [0.1, 0.15) is 23.1 Å². The van der Waals surface area contributed by atoms with Gasteiger partial charge in [0.15, 0.2) is 0 Å². The fraction of sp³-hybridized carbons (Fsp3) is 0.200. The lowest BCUT2D eigenvalue weighted by atomic mass is 10.1. The first-order valence-corrected chi connectivity index (χ1v) is 9.54. The van der Waals surface area contributed by atoms with E-state index in [2.05, 4.69) is 10.3 Å². The first-order chi connectivity index (χ1) is 12.6. The Morgan fingerprint density at radius 3 is 2.65 bits per heavy atom. The summed E-state index contributed by atoms with van der Waals surface area (Å²) in [5.41, 5.74) is 3.17. The van der Waals surface area contributed by atoms with E-state index in [1.807, 2.05) is 54.8 Å². The highest BCUT2D eigenvalue weighted by Gasteiger charge is 2.05. The third kappa shape index (κ3) is 5.31. The van der Waals surface area contributed by atoms with E-state index in [0.29, 0.717) is 24.6 Å². The average Bonchev–Trinajstić information content (AvgIpc) is 3.15. The molecule has 0 atom stereocenters. The number of nitrogens with zero attached hydrogens (tertiary/aromatic N) is 1. The molecular weight excluding hydrogens is 368 g/mol. The number of halogens is 1. The van der Waals surface area contributed by atoms with Gasteiger partial charge in [-0.2, -0.15) is 0 Å². The lowest BCUT2D eigenvalue weighted by Gasteiger charge is -2.07. The standard InChI is InChI=1S/C20H19ClN2O2S/c1-14-12-15(4-8-18(14)21)5-9-19(24)23-13-16-2-6-17(7-3-16)25-20-22-10-11-26-20/h2-4,6-8,10-12H,5,9,13H2,1H3,(H,23,24). The van der Waals surface area contributed by atoms with Gasteiger partial charge in [-0.3, -0.25) is 4.79 Å². The predicted octanol–water partition coefficient (Wildman–Crippen LogP) is 5.15. The molecule has 1 aromatic heterocycles. The minimum absolute atomic E-state index is 0.0284. The Labute approximate surface area is 161 Å². The second-order valence-electron chi connectivity index (χ2n) is 5.90. The van der Waals surface area contributed by atoms with Gasteiger partial charge in [0.1, 0.15) is 5.75 Å². The molecule has 134 valence electrons. The number of carbonyl (C=O) groups is 1. The maximum atomic E-state index is 12.1. The molecule has 6 heteroatoms.